The number of benzene rings is 2. The molecule has 20 heavy (non-hydrogen) atoms. The smallest absolute Gasteiger partial charge is 0.141 e. The number of hydrogen-bond acceptors (Lipinski definition) is 3. The third-order valence-electron chi connectivity index (χ3n) is 3.17. The van der Waals surface area contributed by atoms with Gasteiger partial charge in [-0.15, -0.1) is 0 Å². The Bertz CT molecular complexity index is 858. The largest absolute Gasteiger partial charge is 0.399 e. The Hall–Kier alpha value is -2.87. The number of anilines is 1. The van der Waals surface area contributed by atoms with Gasteiger partial charge < -0.3 is 5.73 Å². The molecule has 0 radical (unpaired) electrons. The Morgan fingerprint density at radius 3 is 2.80 bits per heavy atom. The molecule has 0 atom stereocenters. The molecule has 3 aromatic rings. The number of fused-ring (bicyclic) bond motifs is 1. The summed E-state index contributed by atoms with van der Waals surface area (Å²) in [6.45, 7) is 1.85. The number of imidazole rings is 1. The first-order chi connectivity index (χ1) is 9.60. The van der Waals surface area contributed by atoms with E-state index in [1.165, 1.54) is 12.1 Å². The molecule has 0 unspecified atom stereocenters. The lowest BCUT2D eigenvalue weighted by Crippen LogP contribution is -1.98. The SMILES string of the molecule is Cc1nc2cc(N)ccc2n1-c1ccc(F)c(C#N)c1. The molecular formula is C15H11FN4. The van der Waals surface area contributed by atoms with Gasteiger partial charge in [0.05, 0.1) is 16.6 Å². The molecule has 0 aliphatic carbocycles. The number of aromatic nitrogens is 2. The Morgan fingerprint density at radius 1 is 1.25 bits per heavy atom. The second-order valence-corrected chi connectivity index (χ2v) is 4.52. The van der Waals surface area contributed by atoms with Crippen LogP contribution < -0.4 is 5.73 Å². The predicted molar refractivity (Wildman–Crippen MR) is 74.9 cm³/mol. The van der Waals surface area contributed by atoms with Gasteiger partial charge in [0.15, 0.2) is 0 Å². The number of hydrogen-bond donors (Lipinski definition) is 1. The molecule has 98 valence electrons. The van der Waals surface area contributed by atoms with Gasteiger partial charge in [-0.2, -0.15) is 5.26 Å². The number of aryl methyl sites for hydroxylation is 1. The minimum atomic E-state index is -0.525. The van der Waals surface area contributed by atoms with Gasteiger partial charge in [0.25, 0.3) is 0 Å². The van der Waals surface area contributed by atoms with E-state index >= 15 is 0 Å². The van der Waals surface area contributed by atoms with Gasteiger partial charge in [0.1, 0.15) is 17.7 Å². The first kappa shape index (κ1) is 12.2. The molecule has 5 heteroatoms. The molecule has 0 spiro atoms. The van der Waals surface area contributed by atoms with Gasteiger partial charge in [-0.1, -0.05) is 0 Å². The zero-order valence-electron chi connectivity index (χ0n) is 10.8. The number of nitriles is 1. The second-order valence-electron chi connectivity index (χ2n) is 4.52. The van der Waals surface area contributed by atoms with Crippen molar-refractivity contribution >= 4 is 16.7 Å². The van der Waals surface area contributed by atoms with Gasteiger partial charge in [0.2, 0.25) is 0 Å². The fraction of sp³-hybridized carbons (Fsp3) is 0.0667. The first-order valence-corrected chi connectivity index (χ1v) is 6.05. The van der Waals surface area contributed by atoms with Crippen molar-refractivity contribution in [2.24, 2.45) is 0 Å². The van der Waals surface area contributed by atoms with E-state index in [0.717, 1.165) is 16.9 Å². The summed E-state index contributed by atoms with van der Waals surface area (Å²) >= 11 is 0. The van der Waals surface area contributed by atoms with Crippen LogP contribution in [-0.4, -0.2) is 9.55 Å². The summed E-state index contributed by atoms with van der Waals surface area (Å²) in [7, 11) is 0. The van der Waals surface area contributed by atoms with Crippen molar-refractivity contribution in [3.8, 4) is 11.8 Å². The molecule has 0 fully saturated rings. The molecule has 1 heterocycles. The number of halogens is 1. The van der Waals surface area contributed by atoms with E-state index in [1.54, 1.807) is 18.2 Å². The van der Waals surface area contributed by atoms with Crippen molar-refractivity contribution in [3.05, 3.63) is 53.6 Å². The van der Waals surface area contributed by atoms with Crippen LogP contribution in [-0.2, 0) is 0 Å². The molecule has 4 nitrogen and oxygen atoms in total. The molecular weight excluding hydrogens is 255 g/mol. The minimum Gasteiger partial charge on any atom is -0.399 e. The number of nitrogens with two attached hydrogens (primary N) is 1. The highest BCUT2D eigenvalue weighted by Crippen LogP contribution is 2.24. The fourth-order valence-electron chi connectivity index (χ4n) is 2.28. The highest BCUT2D eigenvalue weighted by Gasteiger charge is 2.11. The molecule has 0 bridgehead atoms. The quantitative estimate of drug-likeness (QED) is 0.688. The van der Waals surface area contributed by atoms with E-state index in [1.807, 2.05) is 23.6 Å². The van der Waals surface area contributed by atoms with Crippen molar-refractivity contribution in [3.63, 3.8) is 0 Å². The fourth-order valence-corrected chi connectivity index (χ4v) is 2.28. The number of nitrogens with zero attached hydrogens (tertiary/aromatic N) is 3. The normalized spacial score (nSPS) is 10.7. The summed E-state index contributed by atoms with van der Waals surface area (Å²) in [6.07, 6.45) is 0. The lowest BCUT2D eigenvalue weighted by molar-refractivity contribution is 0.623. The van der Waals surface area contributed by atoms with E-state index in [4.69, 9.17) is 11.0 Å². The van der Waals surface area contributed by atoms with Crippen LogP contribution in [0, 0.1) is 24.1 Å². The zero-order chi connectivity index (χ0) is 14.3. The Labute approximate surface area is 114 Å². The zero-order valence-corrected chi connectivity index (χ0v) is 10.8. The van der Waals surface area contributed by atoms with Crippen molar-refractivity contribution < 1.29 is 4.39 Å². The van der Waals surface area contributed by atoms with Gasteiger partial charge >= 0.3 is 0 Å². The Morgan fingerprint density at radius 2 is 2.05 bits per heavy atom. The van der Waals surface area contributed by atoms with E-state index < -0.39 is 5.82 Å². The van der Waals surface area contributed by atoms with E-state index in [-0.39, 0.29) is 5.56 Å². The second kappa shape index (κ2) is 4.35. The average molecular weight is 266 g/mol. The predicted octanol–water partition coefficient (Wildman–Crippen LogP) is 2.93. The number of nitrogen functional groups attached to an aromatic ring is 1. The summed E-state index contributed by atoms with van der Waals surface area (Å²) in [5.74, 6) is 0.226. The maximum absolute atomic E-state index is 13.4. The Balaban J connectivity index is 2.29. The van der Waals surface area contributed by atoms with Gasteiger partial charge in [-0.3, -0.25) is 4.57 Å². The maximum atomic E-state index is 13.4. The highest BCUT2D eigenvalue weighted by molar-refractivity contribution is 5.81. The summed E-state index contributed by atoms with van der Waals surface area (Å²) in [6, 6.07) is 11.7. The lowest BCUT2D eigenvalue weighted by atomic mass is 10.2. The van der Waals surface area contributed by atoms with Crippen LogP contribution in [0.5, 0.6) is 0 Å². The number of rotatable bonds is 1. The van der Waals surface area contributed by atoms with Crippen molar-refractivity contribution in [2.75, 3.05) is 5.73 Å². The molecule has 3 rings (SSSR count). The van der Waals surface area contributed by atoms with Crippen LogP contribution in [0.3, 0.4) is 0 Å². The summed E-state index contributed by atoms with van der Waals surface area (Å²) < 4.78 is 15.3. The van der Waals surface area contributed by atoms with Crippen molar-refractivity contribution in [2.45, 2.75) is 6.92 Å². The summed E-state index contributed by atoms with van der Waals surface area (Å²) in [4.78, 5) is 4.43. The van der Waals surface area contributed by atoms with Gasteiger partial charge in [-0.05, 0) is 43.3 Å². The standard InChI is InChI=1S/C15H11FN4/c1-9-19-14-7-11(18)2-5-15(14)20(9)12-3-4-13(16)10(6-12)8-17/h2-7H,18H2,1H3. The summed E-state index contributed by atoms with van der Waals surface area (Å²) in [5, 5.41) is 8.93. The topological polar surface area (TPSA) is 67.6 Å². The molecule has 0 aliphatic rings. The van der Waals surface area contributed by atoms with Crippen LogP contribution in [0.4, 0.5) is 10.1 Å². The van der Waals surface area contributed by atoms with Crippen LogP contribution >= 0.6 is 0 Å². The van der Waals surface area contributed by atoms with Gasteiger partial charge in [-0.25, -0.2) is 9.37 Å². The molecule has 1 aromatic heterocycles. The summed E-state index contributed by atoms with van der Waals surface area (Å²) in [5.41, 5.74) is 8.73. The van der Waals surface area contributed by atoms with Crippen LogP contribution in [0.15, 0.2) is 36.4 Å². The highest BCUT2D eigenvalue weighted by atomic mass is 19.1. The van der Waals surface area contributed by atoms with Crippen LogP contribution in [0.1, 0.15) is 11.4 Å². The molecule has 0 amide bonds. The average Bonchev–Trinajstić information content (AvgIpc) is 2.74. The van der Waals surface area contributed by atoms with Crippen LogP contribution in [0.2, 0.25) is 0 Å². The van der Waals surface area contributed by atoms with Crippen molar-refractivity contribution in [1.82, 2.24) is 9.55 Å². The Kier molecular flexibility index (Phi) is 2.65. The molecule has 2 N–H and O–H groups in total. The van der Waals surface area contributed by atoms with Crippen LogP contribution in [0.25, 0.3) is 16.7 Å². The molecule has 0 saturated carbocycles. The third-order valence-corrected chi connectivity index (χ3v) is 3.17. The third kappa shape index (κ3) is 1.79. The maximum Gasteiger partial charge on any atom is 0.141 e. The van der Waals surface area contributed by atoms with E-state index in [0.29, 0.717) is 11.4 Å². The van der Waals surface area contributed by atoms with E-state index in [9.17, 15) is 4.39 Å². The first-order valence-electron chi connectivity index (χ1n) is 6.05. The van der Waals surface area contributed by atoms with Gasteiger partial charge in [0, 0.05) is 11.4 Å². The molecule has 2 aromatic carbocycles. The van der Waals surface area contributed by atoms with Crippen molar-refractivity contribution in [1.29, 1.82) is 5.26 Å². The monoisotopic (exact) mass is 266 g/mol. The lowest BCUT2D eigenvalue weighted by Gasteiger charge is -2.07. The van der Waals surface area contributed by atoms with E-state index in [2.05, 4.69) is 4.98 Å². The molecule has 0 saturated heterocycles. The minimum absolute atomic E-state index is 0.0131. The molecule has 0 aliphatic heterocycles.